The second-order valence-corrected chi connectivity index (χ2v) is 1.20. The van der Waals surface area contributed by atoms with Crippen LogP contribution in [0.15, 0.2) is 0 Å². The van der Waals surface area contributed by atoms with E-state index in [0.717, 1.165) is 0 Å². The fraction of sp³-hybridized carbons (Fsp3) is 1.00. The molecule has 0 spiro atoms. The Bertz CT molecular complexity index is 12.3. The summed E-state index contributed by atoms with van der Waals surface area (Å²) in [5.74, 6) is 0. The molecule has 0 aliphatic rings. The summed E-state index contributed by atoms with van der Waals surface area (Å²) in [6.45, 7) is 4.27. The van der Waals surface area contributed by atoms with Gasteiger partial charge < -0.3 is 0 Å². The van der Waals surface area contributed by atoms with Crippen molar-refractivity contribution in [3.63, 3.8) is 0 Å². The molecule has 0 amide bonds. The molecule has 0 rings (SSSR count). The normalized spacial score (nSPS) is 3.45. The molecule has 0 saturated carbocycles. The molecule has 1 radical (unpaired) electrons. The quantitative estimate of drug-likeness (QED) is 0.481. The van der Waals surface area contributed by atoms with Gasteiger partial charge in [0.2, 0.25) is 0 Å². The van der Waals surface area contributed by atoms with Crippen LogP contribution in [0.1, 0.15) is 57.9 Å². The molecule has 0 aromatic carbocycles. The van der Waals surface area contributed by atoms with E-state index in [9.17, 15) is 0 Å². The standard InChI is InChI=1S/C4H10B.6CH4/c1-3-4-5-2;;;;;;/h3-4H2,1-2H3;6*1H4. The summed E-state index contributed by atoms with van der Waals surface area (Å²) in [5.41, 5.74) is 0. The van der Waals surface area contributed by atoms with Crippen LogP contribution in [0, 0.1) is 0 Å². The van der Waals surface area contributed by atoms with E-state index in [0.29, 0.717) is 0 Å². The SMILES string of the molecule is C.C.C.C.C.C.C[B]CCC. The minimum atomic E-state index is 0. The monoisotopic (exact) mass is 165 g/mol. The fourth-order valence-electron chi connectivity index (χ4n) is 0.289. The van der Waals surface area contributed by atoms with Gasteiger partial charge in [-0.1, -0.05) is 71.0 Å². The van der Waals surface area contributed by atoms with Crippen molar-refractivity contribution in [1.29, 1.82) is 0 Å². The Morgan fingerprint density at radius 2 is 1.09 bits per heavy atom. The molecule has 0 aromatic rings. The molecule has 0 aliphatic heterocycles. The molecule has 0 heterocycles. The van der Waals surface area contributed by atoms with Crippen LogP contribution in [0.2, 0.25) is 13.1 Å². The Labute approximate surface area is 79.0 Å². The van der Waals surface area contributed by atoms with Gasteiger partial charge in [0.15, 0.2) is 0 Å². The highest BCUT2D eigenvalue weighted by Crippen LogP contribution is 1.81. The lowest BCUT2D eigenvalue weighted by Crippen LogP contribution is -1.73. The van der Waals surface area contributed by atoms with Crippen molar-refractivity contribution < 1.29 is 0 Å². The summed E-state index contributed by atoms with van der Waals surface area (Å²) in [4.78, 5) is 0. The van der Waals surface area contributed by atoms with Crippen molar-refractivity contribution in [2.45, 2.75) is 71.0 Å². The molecular formula is C10H34B. The second-order valence-electron chi connectivity index (χ2n) is 1.20. The van der Waals surface area contributed by atoms with Gasteiger partial charge in [0, 0.05) is 0 Å². The topological polar surface area (TPSA) is 0 Å². The van der Waals surface area contributed by atoms with Crippen molar-refractivity contribution in [1.82, 2.24) is 0 Å². The van der Waals surface area contributed by atoms with Gasteiger partial charge in [-0.25, -0.2) is 0 Å². The maximum absolute atomic E-state index is 2.18. The van der Waals surface area contributed by atoms with Crippen LogP contribution in [0.5, 0.6) is 0 Å². The zero-order valence-corrected chi connectivity index (χ0v) is 3.99. The summed E-state index contributed by atoms with van der Waals surface area (Å²) < 4.78 is 0. The number of rotatable bonds is 2. The van der Waals surface area contributed by atoms with Gasteiger partial charge >= 0.3 is 0 Å². The molecular weight excluding hydrogens is 131 g/mol. The average Bonchev–Trinajstić information content (AvgIpc) is 1.41. The Hall–Kier alpha value is 0.0649. The predicted octanol–water partition coefficient (Wildman–Crippen LogP) is 5.38. The summed E-state index contributed by atoms with van der Waals surface area (Å²) in [5, 5.41) is 0. The van der Waals surface area contributed by atoms with Gasteiger partial charge in [0.05, 0.1) is 0 Å². The second kappa shape index (κ2) is 88.0. The van der Waals surface area contributed by atoms with E-state index in [1.807, 2.05) is 0 Å². The Balaban J connectivity index is -0.00000000533. The van der Waals surface area contributed by atoms with Crippen molar-refractivity contribution in [3.8, 4) is 0 Å². The number of hydrogen-bond donors (Lipinski definition) is 0. The van der Waals surface area contributed by atoms with Crippen LogP contribution < -0.4 is 0 Å². The first-order valence-corrected chi connectivity index (χ1v) is 2.19. The zero-order chi connectivity index (χ0) is 4.12. The predicted molar refractivity (Wildman–Crippen MR) is 67.1 cm³/mol. The summed E-state index contributed by atoms with van der Waals surface area (Å²) in [6.07, 6.45) is 2.55. The molecule has 0 unspecified atom stereocenters. The van der Waals surface area contributed by atoms with Crippen LogP contribution >= 0.6 is 0 Å². The zero-order valence-electron chi connectivity index (χ0n) is 3.99. The largest absolute Gasteiger partial charge is 0.105 e. The van der Waals surface area contributed by atoms with E-state index < -0.39 is 0 Å². The minimum Gasteiger partial charge on any atom is -0.0920 e. The molecule has 0 aromatic heterocycles. The molecule has 0 saturated heterocycles. The van der Waals surface area contributed by atoms with E-state index in [1.165, 1.54) is 12.7 Å². The molecule has 77 valence electrons. The molecule has 0 N–H and O–H groups in total. The highest BCUT2D eigenvalue weighted by atomic mass is 13.6. The lowest BCUT2D eigenvalue weighted by Gasteiger charge is -1.76. The van der Waals surface area contributed by atoms with Crippen LogP contribution in [0.4, 0.5) is 0 Å². The van der Waals surface area contributed by atoms with Crippen molar-refractivity contribution >= 4 is 7.28 Å². The van der Waals surface area contributed by atoms with Crippen molar-refractivity contribution in [2.75, 3.05) is 0 Å². The minimum absolute atomic E-state index is 0. The van der Waals surface area contributed by atoms with E-state index in [2.05, 4.69) is 21.0 Å². The van der Waals surface area contributed by atoms with Gasteiger partial charge in [-0.05, 0) is 0 Å². The van der Waals surface area contributed by atoms with Gasteiger partial charge in [0.25, 0.3) is 0 Å². The summed E-state index contributed by atoms with van der Waals surface area (Å²) >= 11 is 0. The highest BCUT2D eigenvalue weighted by Gasteiger charge is 1.71. The van der Waals surface area contributed by atoms with Crippen LogP contribution in [-0.2, 0) is 0 Å². The third kappa shape index (κ3) is 154. The molecule has 0 nitrogen and oxygen atoms in total. The Morgan fingerprint density at radius 1 is 0.818 bits per heavy atom. The smallest absolute Gasteiger partial charge is 0.0920 e. The van der Waals surface area contributed by atoms with E-state index in [1.54, 1.807) is 0 Å². The Kier molecular flexibility index (Phi) is 543. The summed E-state index contributed by atoms with van der Waals surface area (Å²) in [7, 11) is 2.18. The first-order valence-electron chi connectivity index (χ1n) is 2.19. The molecule has 0 atom stereocenters. The first-order chi connectivity index (χ1) is 2.41. The summed E-state index contributed by atoms with van der Waals surface area (Å²) in [6, 6.07) is 0. The maximum atomic E-state index is 2.18. The average molecular weight is 165 g/mol. The third-order valence-corrected chi connectivity index (χ3v) is 0.577. The van der Waals surface area contributed by atoms with E-state index >= 15 is 0 Å². The number of hydrogen-bond acceptors (Lipinski definition) is 0. The molecule has 1 heteroatoms. The van der Waals surface area contributed by atoms with Gasteiger partial charge in [0.1, 0.15) is 7.28 Å². The van der Waals surface area contributed by atoms with E-state index in [-0.39, 0.29) is 44.6 Å². The van der Waals surface area contributed by atoms with Crippen molar-refractivity contribution in [2.24, 2.45) is 0 Å². The van der Waals surface area contributed by atoms with Crippen LogP contribution in [0.25, 0.3) is 0 Å². The lowest BCUT2D eigenvalue weighted by atomic mass is 9.77. The fourth-order valence-corrected chi connectivity index (χ4v) is 0.289. The highest BCUT2D eigenvalue weighted by molar-refractivity contribution is 6.33. The van der Waals surface area contributed by atoms with Gasteiger partial charge in [-0.2, -0.15) is 0 Å². The molecule has 0 aliphatic carbocycles. The van der Waals surface area contributed by atoms with Crippen LogP contribution in [0.3, 0.4) is 0 Å². The lowest BCUT2D eigenvalue weighted by molar-refractivity contribution is 1.07. The van der Waals surface area contributed by atoms with Gasteiger partial charge in [-0.15, -0.1) is 0 Å². The van der Waals surface area contributed by atoms with Gasteiger partial charge in [-0.3, -0.25) is 0 Å². The third-order valence-electron chi connectivity index (χ3n) is 0.577. The molecule has 11 heavy (non-hydrogen) atoms. The molecule has 0 fully saturated rings. The van der Waals surface area contributed by atoms with Crippen molar-refractivity contribution in [3.05, 3.63) is 0 Å². The molecule has 0 bridgehead atoms. The van der Waals surface area contributed by atoms with E-state index in [4.69, 9.17) is 0 Å². The maximum Gasteiger partial charge on any atom is 0.105 e. The first kappa shape index (κ1) is 67.8. The van der Waals surface area contributed by atoms with Crippen LogP contribution in [-0.4, -0.2) is 7.28 Å². The Morgan fingerprint density at radius 3 is 1.09 bits per heavy atom.